The number of aromatic nitrogens is 2. The second-order valence-corrected chi connectivity index (χ2v) is 5.47. The Balaban J connectivity index is 1.85. The topological polar surface area (TPSA) is 110 Å². The summed E-state index contributed by atoms with van der Waals surface area (Å²) < 4.78 is 6.34. The number of fused-ring (bicyclic) bond motifs is 1. The minimum Gasteiger partial charge on any atom is -0.481 e. The molecular weight excluding hydrogens is 298 g/mol. The Kier molecular flexibility index (Phi) is 3.43. The SMILES string of the molecule is O=C(NC1COCC1C(=O)O)c1cnc2sccn2c1=O. The molecule has 3 rings (SSSR count). The molecule has 2 atom stereocenters. The van der Waals surface area contributed by atoms with Crippen LogP contribution in [0.25, 0.3) is 4.96 Å². The second kappa shape index (κ2) is 5.26. The second-order valence-electron chi connectivity index (χ2n) is 4.59. The van der Waals surface area contributed by atoms with E-state index in [1.165, 1.54) is 28.1 Å². The largest absolute Gasteiger partial charge is 0.481 e. The minimum absolute atomic E-state index is 0.0427. The van der Waals surface area contributed by atoms with Gasteiger partial charge in [0.15, 0.2) is 4.96 Å². The van der Waals surface area contributed by atoms with Gasteiger partial charge in [-0.25, -0.2) is 4.98 Å². The van der Waals surface area contributed by atoms with Gasteiger partial charge in [0, 0.05) is 17.8 Å². The maximum absolute atomic E-state index is 12.1. The molecule has 1 aliphatic rings. The van der Waals surface area contributed by atoms with Crippen LogP contribution in [0.4, 0.5) is 0 Å². The highest BCUT2D eigenvalue weighted by Gasteiger charge is 2.35. The molecule has 9 heteroatoms. The minimum atomic E-state index is -1.04. The number of ether oxygens (including phenoxy) is 1. The zero-order valence-corrected chi connectivity index (χ0v) is 11.5. The van der Waals surface area contributed by atoms with E-state index >= 15 is 0 Å². The monoisotopic (exact) mass is 309 g/mol. The Morgan fingerprint density at radius 1 is 1.48 bits per heavy atom. The third-order valence-electron chi connectivity index (χ3n) is 3.30. The molecule has 2 aromatic heterocycles. The van der Waals surface area contributed by atoms with E-state index in [1.807, 2.05) is 0 Å². The van der Waals surface area contributed by atoms with Gasteiger partial charge in [-0.2, -0.15) is 0 Å². The number of amides is 1. The summed E-state index contributed by atoms with van der Waals surface area (Å²) in [7, 11) is 0. The van der Waals surface area contributed by atoms with Gasteiger partial charge >= 0.3 is 5.97 Å². The molecule has 21 heavy (non-hydrogen) atoms. The average molecular weight is 309 g/mol. The van der Waals surface area contributed by atoms with E-state index < -0.39 is 29.4 Å². The zero-order valence-electron chi connectivity index (χ0n) is 10.7. The Bertz CT molecular complexity index is 768. The number of aliphatic carboxylic acids is 1. The first kappa shape index (κ1) is 13.7. The molecule has 0 radical (unpaired) electrons. The lowest BCUT2D eigenvalue weighted by molar-refractivity contribution is -0.142. The van der Waals surface area contributed by atoms with Crippen LogP contribution in [0.1, 0.15) is 10.4 Å². The maximum Gasteiger partial charge on any atom is 0.311 e. The summed E-state index contributed by atoms with van der Waals surface area (Å²) >= 11 is 1.28. The van der Waals surface area contributed by atoms with E-state index in [0.717, 1.165) is 0 Å². The molecule has 1 fully saturated rings. The average Bonchev–Trinajstić information content (AvgIpc) is 3.07. The summed E-state index contributed by atoms with van der Waals surface area (Å²) in [5.41, 5.74) is -0.605. The van der Waals surface area contributed by atoms with E-state index in [0.29, 0.717) is 4.96 Å². The molecular formula is C12H11N3O5S. The van der Waals surface area contributed by atoms with E-state index in [1.54, 1.807) is 5.38 Å². The smallest absolute Gasteiger partial charge is 0.311 e. The number of carbonyl (C=O) groups is 2. The summed E-state index contributed by atoms with van der Waals surface area (Å²) in [6.45, 7) is 0.152. The van der Waals surface area contributed by atoms with Crippen LogP contribution in [-0.2, 0) is 9.53 Å². The number of nitrogens with one attached hydrogen (secondary N) is 1. The molecule has 110 valence electrons. The molecule has 2 aromatic rings. The molecule has 0 saturated carbocycles. The van der Waals surface area contributed by atoms with E-state index in [4.69, 9.17) is 9.84 Å². The third-order valence-corrected chi connectivity index (χ3v) is 4.07. The van der Waals surface area contributed by atoms with Gasteiger partial charge in [0.1, 0.15) is 11.5 Å². The Labute approximate surface area is 122 Å². The van der Waals surface area contributed by atoms with Gasteiger partial charge in [-0.15, -0.1) is 11.3 Å². The van der Waals surface area contributed by atoms with Crippen LogP contribution in [0.2, 0.25) is 0 Å². The molecule has 8 nitrogen and oxygen atoms in total. The van der Waals surface area contributed by atoms with Crippen LogP contribution < -0.4 is 10.9 Å². The maximum atomic E-state index is 12.1. The van der Waals surface area contributed by atoms with Crippen LogP contribution in [0.5, 0.6) is 0 Å². The van der Waals surface area contributed by atoms with Crippen molar-refractivity contribution in [3.63, 3.8) is 0 Å². The van der Waals surface area contributed by atoms with Crippen LogP contribution in [0.3, 0.4) is 0 Å². The predicted octanol–water partition coefficient (Wildman–Crippen LogP) is -0.415. The van der Waals surface area contributed by atoms with Gasteiger partial charge in [0.05, 0.1) is 19.3 Å². The molecule has 0 aromatic carbocycles. The molecule has 1 saturated heterocycles. The molecule has 0 bridgehead atoms. The van der Waals surface area contributed by atoms with Crippen molar-refractivity contribution in [1.29, 1.82) is 0 Å². The first-order valence-electron chi connectivity index (χ1n) is 6.14. The van der Waals surface area contributed by atoms with Gasteiger partial charge < -0.3 is 15.2 Å². The first-order chi connectivity index (χ1) is 10.1. The summed E-state index contributed by atoms with van der Waals surface area (Å²) in [6, 6.07) is -0.655. The highest BCUT2D eigenvalue weighted by atomic mass is 32.1. The van der Waals surface area contributed by atoms with Crippen molar-refractivity contribution in [3.8, 4) is 0 Å². The quantitative estimate of drug-likeness (QED) is 0.797. The lowest BCUT2D eigenvalue weighted by Crippen LogP contribution is -2.44. The number of hydrogen-bond donors (Lipinski definition) is 2. The molecule has 2 unspecified atom stereocenters. The van der Waals surface area contributed by atoms with Crippen LogP contribution >= 0.6 is 11.3 Å². The number of nitrogens with zero attached hydrogens (tertiary/aromatic N) is 2. The van der Waals surface area contributed by atoms with Crippen LogP contribution in [0.15, 0.2) is 22.6 Å². The highest BCUT2D eigenvalue weighted by molar-refractivity contribution is 7.15. The van der Waals surface area contributed by atoms with Gasteiger partial charge in [0.2, 0.25) is 0 Å². The fourth-order valence-corrected chi connectivity index (χ4v) is 2.84. The van der Waals surface area contributed by atoms with Crippen molar-refractivity contribution < 1.29 is 19.4 Å². The van der Waals surface area contributed by atoms with Crippen molar-refractivity contribution >= 4 is 28.2 Å². The third kappa shape index (κ3) is 2.41. The summed E-state index contributed by atoms with van der Waals surface area (Å²) in [5, 5.41) is 13.2. The zero-order chi connectivity index (χ0) is 15.0. The molecule has 1 amide bonds. The first-order valence-corrected chi connectivity index (χ1v) is 7.02. The van der Waals surface area contributed by atoms with Gasteiger partial charge in [-0.3, -0.25) is 18.8 Å². The van der Waals surface area contributed by atoms with Crippen molar-refractivity contribution in [2.45, 2.75) is 6.04 Å². The van der Waals surface area contributed by atoms with Gasteiger partial charge in [-0.05, 0) is 0 Å². The van der Waals surface area contributed by atoms with Gasteiger partial charge in [-0.1, -0.05) is 0 Å². The number of thiazole rings is 1. The molecule has 3 heterocycles. The Hall–Kier alpha value is -2.26. The van der Waals surface area contributed by atoms with E-state index in [-0.39, 0.29) is 18.8 Å². The van der Waals surface area contributed by atoms with Crippen molar-refractivity contribution in [2.75, 3.05) is 13.2 Å². The summed E-state index contributed by atoms with van der Waals surface area (Å²) in [4.78, 5) is 39.8. The van der Waals surface area contributed by atoms with Crippen molar-refractivity contribution in [3.05, 3.63) is 33.7 Å². The lowest BCUT2D eigenvalue weighted by Gasteiger charge is -2.15. The fourth-order valence-electron chi connectivity index (χ4n) is 2.17. The number of carboxylic acid groups (broad SMARTS) is 1. The number of carboxylic acids is 1. The normalized spacial score (nSPS) is 21.5. The number of hydrogen-bond acceptors (Lipinski definition) is 6. The standard InChI is InChI=1S/C12H11N3O5S/c16-9(14-8-5-20-4-7(8)11(18)19)6-3-13-12-15(10(6)17)1-2-21-12/h1-3,7-8H,4-5H2,(H,14,16)(H,18,19). The van der Waals surface area contributed by atoms with E-state index in [2.05, 4.69) is 10.3 Å². The van der Waals surface area contributed by atoms with Crippen LogP contribution in [-0.4, -0.2) is 45.6 Å². The Morgan fingerprint density at radius 2 is 2.29 bits per heavy atom. The summed E-state index contributed by atoms with van der Waals surface area (Å²) in [5.74, 6) is -2.50. The van der Waals surface area contributed by atoms with Crippen LogP contribution in [0, 0.1) is 5.92 Å². The molecule has 0 aliphatic carbocycles. The summed E-state index contributed by atoms with van der Waals surface area (Å²) in [6.07, 6.45) is 2.74. The lowest BCUT2D eigenvalue weighted by atomic mass is 10.0. The number of carbonyl (C=O) groups excluding carboxylic acids is 1. The number of rotatable bonds is 3. The molecule has 0 spiro atoms. The van der Waals surface area contributed by atoms with Crippen molar-refractivity contribution in [1.82, 2.24) is 14.7 Å². The predicted molar refractivity (Wildman–Crippen MR) is 72.5 cm³/mol. The van der Waals surface area contributed by atoms with E-state index in [9.17, 15) is 14.4 Å². The van der Waals surface area contributed by atoms with Gasteiger partial charge in [0.25, 0.3) is 11.5 Å². The molecule has 2 N–H and O–H groups in total. The van der Waals surface area contributed by atoms with Crippen molar-refractivity contribution in [2.24, 2.45) is 5.92 Å². The Morgan fingerprint density at radius 3 is 3.05 bits per heavy atom. The fraction of sp³-hybridized carbons (Fsp3) is 0.333. The molecule has 1 aliphatic heterocycles. The highest BCUT2D eigenvalue weighted by Crippen LogP contribution is 2.14.